The number of aliphatic hydroxyl groups excluding tert-OH is 1. The number of aromatic nitrogens is 3. The van der Waals surface area contributed by atoms with Crippen LogP contribution in [0.15, 0.2) is 23.4 Å². The average Bonchev–Trinajstić information content (AvgIpc) is 3.44. The summed E-state index contributed by atoms with van der Waals surface area (Å²) in [7, 11) is -1.01. The lowest BCUT2D eigenvalue weighted by Crippen LogP contribution is -2.48. The van der Waals surface area contributed by atoms with E-state index >= 15 is 0 Å². The Labute approximate surface area is 195 Å². The van der Waals surface area contributed by atoms with Crippen molar-refractivity contribution < 1.29 is 9.32 Å². The Morgan fingerprint density at radius 1 is 1.22 bits per heavy atom. The highest BCUT2D eigenvalue weighted by Crippen LogP contribution is 2.47. The molecule has 1 saturated heterocycles. The topological polar surface area (TPSA) is 91.2 Å². The van der Waals surface area contributed by atoms with Crippen LogP contribution in [0.25, 0.3) is 0 Å². The van der Waals surface area contributed by atoms with Gasteiger partial charge in [0, 0.05) is 37.2 Å². The Kier molecular flexibility index (Phi) is 5.15. The van der Waals surface area contributed by atoms with E-state index in [1.54, 1.807) is 12.4 Å². The number of anilines is 2. The molecule has 4 aliphatic rings. The molecule has 2 unspecified atom stereocenters. The van der Waals surface area contributed by atoms with Gasteiger partial charge in [-0.15, -0.1) is 0 Å². The first kappa shape index (κ1) is 20.8. The lowest BCUT2D eigenvalue weighted by atomic mass is 9.77. The van der Waals surface area contributed by atoms with Crippen LogP contribution < -0.4 is 10.2 Å². The van der Waals surface area contributed by atoms with E-state index < -0.39 is 10.8 Å². The molecule has 9 heteroatoms. The van der Waals surface area contributed by atoms with Crippen LogP contribution in [-0.4, -0.2) is 55.3 Å². The zero-order valence-corrected chi connectivity index (χ0v) is 19.5. The summed E-state index contributed by atoms with van der Waals surface area (Å²) in [6.07, 6.45) is 9.36. The Morgan fingerprint density at radius 2 is 1.94 bits per heavy atom. The molecule has 2 aromatic heterocycles. The van der Waals surface area contributed by atoms with E-state index in [2.05, 4.69) is 26.3 Å². The van der Waals surface area contributed by atoms with Gasteiger partial charge in [0.1, 0.15) is 17.5 Å². The number of aliphatic hydroxyl groups is 1. The highest BCUT2D eigenvalue weighted by molar-refractivity contribution is 7.85. The second-order valence-corrected chi connectivity index (χ2v) is 11.8. The molecule has 0 amide bonds. The summed E-state index contributed by atoms with van der Waals surface area (Å²) in [6, 6.07) is 2.15. The van der Waals surface area contributed by atoms with E-state index in [4.69, 9.17) is 16.6 Å². The number of hydrogen-bond donors (Lipinski definition) is 2. The summed E-state index contributed by atoms with van der Waals surface area (Å²) in [5.41, 5.74) is 0.840. The van der Waals surface area contributed by atoms with Gasteiger partial charge in [0.15, 0.2) is 0 Å². The molecule has 0 bridgehead atoms. The average molecular weight is 474 g/mol. The molecule has 2 aliphatic carbocycles. The van der Waals surface area contributed by atoms with Crippen molar-refractivity contribution in [1.29, 1.82) is 0 Å². The molecule has 2 N–H and O–H groups in total. The standard InChI is InChI=1S/C23H28ClN5O2S/c24-18-9-25-21(26-10-18)15-6-16-11-29(12-17(16)7-15)19-8-14-2-5-32(31)20(14)22(27-19)28-23(13-30)3-1-4-23/h8-10,15-17,30H,1-7,11-13H2,(H,27,28)/t15?,16?,17?,32-/m1/s1. The fraction of sp³-hybridized carbons (Fsp3) is 0.609. The van der Waals surface area contributed by atoms with Crippen LogP contribution in [0.3, 0.4) is 0 Å². The lowest BCUT2D eigenvalue weighted by molar-refractivity contribution is 0.143. The molecule has 7 nitrogen and oxygen atoms in total. The van der Waals surface area contributed by atoms with E-state index in [0.29, 0.717) is 28.5 Å². The van der Waals surface area contributed by atoms with Gasteiger partial charge >= 0.3 is 0 Å². The molecule has 170 valence electrons. The summed E-state index contributed by atoms with van der Waals surface area (Å²) in [5, 5.41) is 14.0. The molecule has 2 aliphatic heterocycles. The quantitative estimate of drug-likeness (QED) is 0.689. The number of hydrogen-bond acceptors (Lipinski definition) is 7. The molecule has 0 aromatic carbocycles. The monoisotopic (exact) mass is 473 g/mol. The molecule has 0 radical (unpaired) electrons. The number of halogens is 1. The molecule has 3 fully saturated rings. The fourth-order valence-corrected chi connectivity index (χ4v) is 7.44. The number of nitrogens with zero attached hydrogens (tertiary/aromatic N) is 4. The molecule has 2 saturated carbocycles. The van der Waals surface area contributed by atoms with Gasteiger partial charge in [-0.1, -0.05) is 11.6 Å². The molecular weight excluding hydrogens is 446 g/mol. The summed E-state index contributed by atoms with van der Waals surface area (Å²) >= 11 is 5.95. The second-order valence-electron chi connectivity index (χ2n) is 9.89. The number of pyridine rings is 1. The lowest BCUT2D eigenvalue weighted by Gasteiger charge is -2.41. The third-order valence-electron chi connectivity index (χ3n) is 7.90. The van der Waals surface area contributed by atoms with Gasteiger partial charge in [0.2, 0.25) is 0 Å². The molecule has 6 rings (SSSR count). The zero-order chi connectivity index (χ0) is 21.9. The normalized spacial score (nSPS) is 30.1. The minimum Gasteiger partial charge on any atom is -0.394 e. The van der Waals surface area contributed by atoms with Crippen LogP contribution in [0.5, 0.6) is 0 Å². The van der Waals surface area contributed by atoms with Crippen LogP contribution >= 0.6 is 11.6 Å². The molecular formula is C23H28ClN5O2S. The summed E-state index contributed by atoms with van der Waals surface area (Å²) in [4.78, 5) is 17.1. The van der Waals surface area contributed by atoms with Crippen molar-refractivity contribution in [3.05, 3.63) is 34.9 Å². The van der Waals surface area contributed by atoms with Crippen molar-refractivity contribution >= 4 is 34.0 Å². The van der Waals surface area contributed by atoms with Gasteiger partial charge in [-0.05, 0) is 62.0 Å². The van der Waals surface area contributed by atoms with Gasteiger partial charge in [0.25, 0.3) is 0 Å². The minimum atomic E-state index is -1.01. The number of fused-ring (bicyclic) bond motifs is 2. The summed E-state index contributed by atoms with van der Waals surface area (Å²) in [6.45, 7) is 2.05. The predicted octanol–water partition coefficient (Wildman–Crippen LogP) is 3.15. The largest absolute Gasteiger partial charge is 0.394 e. The maximum Gasteiger partial charge on any atom is 0.145 e. The summed E-state index contributed by atoms with van der Waals surface area (Å²) < 4.78 is 12.7. The Hall–Kier alpha value is -1.77. The van der Waals surface area contributed by atoms with Gasteiger partial charge in [-0.25, -0.2) is 15.0 Å². The smallest absolute Gasteiger partial charge is 0.145 e. The minimum absolute atomic E-state index is 0.0857. The van der Waals surface area contributed by atoms with E-state index in [1.807, 2.05) is 0 Å². The predicted molar refractivity (Wildman–Crippen MR) is 125 cm³/mol. The number of nitrogens with one attached hydrogen (secondary N) is 1. The van der Waals surface area contributed by atoms with E-state index in [1.165, 1.54) is 0 Å². The molecule has 32 heavy (non-hydrogen) atoms. The van der Waals surface area contributed by atoms with Crippen molar-refractivity contribution in [3.8, 4) is 0 Å². The van der Waals surface area contributed by atoms with Crippen LogP contribution in [-0.2, 0) is 17.2 Å². The third kappa shape index (κ3) is 3.51. The van der Waals surface area contributed by atoms with Crippen molar-refractivity contribution in [2.75, 3.05) is 35.7 Å². The van der Waals surface area contributed by atoms with Crippen LogP contribution in [0.4, 0.5) is 11.6 Å². The molecule has 2 aromatic rings. The van der Waals surface area contributed by atoms with Crippen molar-refractivity contribution in [2.24, 2.45) is 11.8 Å². The van der Waals surface area contributed by atoms with Gasteiger partial charge < -0.3 is 15.3 Å². The Balaban J connectivity index is 1.22. The Bertz CT molecular complexity index is 1040. The molecule has 4 heterocycles. The van der Waals surface area contributed by atoms with E-state index in [-0.39, 0.29) is 12.1 Å². The number of rotatable bonds is 5. The zero-order valence-electron chi connectivity index (χ0n) is 18.0. The van der Waals surface area contributed by atoms with Gasteiger partial charge in [0.05, 0.1) is 32.9 Å². The Morgan fingerprint density at radius 3 is 2.56 bits per heavy atom. The number of aryl methyl sites for hydroxylation is 1. The first-order valence-corrected chi connectivity index (χ1v) is 13.3. The summed E-state index contributed by atoms with van der Waals surface area (Å²) in [5.74, 6) is 4.90. The van der Waals surface area contributed by atoms with Crippen molar-refractivity contribution in [2.45, 2.75) is 54.9 Å². The first-order chi connectivity index (χ1) is 15.5. The van der Waals surface area contributed by atoms with Crippen LogP contribution in [0, 0.1) is 11.8 Å². The fourth-order valence-electron chi connectivity index (χ4n) is 5.97. The maximum atomic E-state index is 12.7. The SMILES string of the molecule is O=[S@@]1CCc2cc(N3CC4CC(c5ncc(Cl)cn5)CC4C3)nc(NC3(CO)CCC3)c21. The van der Waals surface area contributed by atoms with Gasteiger partial charge in [-0.2, -0.15) is 0 Å². The van der Waals surface area contributed by atoms with Crippen molar-refractivity contribution in [3.63, 3.8) is 0 Å². The second kappa shape index (κ2) is 7.92. The molecule has 3 atom stereocenters. The maximum absolute atomic E-state index is 12.7. The third-order valence-corrected chi connectivity index (χ3v) is 9.58. The highest BCUT2D eigenvalue weighted by Gasteiger charge is 2.43. The molecule has 0 spiro atoms. The van der Waals surface area contributed by atoms with Crippen molar-refractivity contribution in [1.82, 2.24) is 15.0 Å². The van der Waals surface area contributed by atoms with E-state index in [0.717, 1.165) is 79.5 Å². The van der Waals surface area contributed by atoms with Gasteiger partial charge in [-0.3, -0.25) is 4.21 Å². The van der Waals surface area contributed by atoms with Crippen LogP contribution in [0.2, 0.25) is 5.02 Å². The van der Waals surface area contributed by atoms with Crippen LogP contribution in [0.1, 0.15) is 49.4 Å². The van der Waals surface area contributed by atoms with E-state index in [9.17, 15) is 9.32 Å². The highest BCUT2D eigenvalue weighted by atomic mass is 35.5. The first-order valence-electron chi connectivity index (χ1n) is 11.6.